The number of halogens is 1. The number of para-hydroxylation sites is 1. The van der Waals surface area contributed by atoms with Gasteiger partial charge in [-0.25, -0.2) is 0 Å². The molecule has 0 radical (unpaired) electrons. The number of hydrogen-bond donors (Lipinski definition) is 1. The SMILES string of the molecule is Cc1ccc(C(=O)Nc2ccccc2S(=O)(=O)F)o1. The standard InChI is InChI=1S/C12H10FNO4S/c1-8-6-7-10(18-8)12(15)14-9-4-2-3-5-11(9)19(13,16)17/h2-7H,1H3,(H,14,15). The summed E-state index contributed by atoms with van der Waals surface area (Å²) >= 11 is 0. The van der Waals surface area contributed by atoms with Crippen molar-refractivity contribution >= 4 is 21.8 Å². The number of aryl methyl sites for hydroxylation is 1. The topological polar surface area (TPSA) is 76.4 Å². The van der Waals surface area contributed by atoms with Gasteiger partial charge < -0.3 is 9.73 Å². The van der Waals surface area contributed by atoms with Gasteiger partial charge in [-0.1, -0.05) is 12.1 Å². The average Bonchev–Trinajstić information content (AvgIpc) is 2.75. The maximum atomic E-state index is 13.0. The van der Waals surface area contributed by atoms with Crippen LogP contribution in [0.4, 0.5) is 9.57 Å². The van der Waals surface area contributed by atoms with Gasteiger partial charge in [-0.2, -0.15) is 8.42 Å². The van der Waals surface area contributed by atoms with Gasteiger partial charge in [0.15, 0.2) is 5.76 Å². The molecule has 2 rings (SSSR count). The van der Waals surface area contributed by atoms with E-state index in [0.717, 1.165) is 6.07 Å². The van der Waals surface area contributed by atoms with Crippen LogP contribution in [0.5, 0.6) is 0 Å². The third kappa shape index (κ3) is 3.00. The summed E-state index contributed by atoms with van der Waals surface area (Å²) in [5.41, 5.74) is -0.135. The van der Waals surface area contributed by atoms with E-state index in [0.29, 0.717) is 5.76 Å². The maximum Gasteiger partial charge on any atom is 0.334 e. The lowest BCUT2D eigenvalue weighted by Crippen LogP contribution is -2.13. The molecular weight excluding hydrogens is 273 g/mol. The summed E-state index contributed by atoms with van der Waals surface area (Å²) < 4.78 is 40.0. The number of hydrogen-bond acceptors (Lipinski definition) is 4. The lowest BCUT2D eigenvalue weighted by molar-refractivity contribution is 0.0995. The van der Waals surface area contributed by atoms with Crippen LogP contribution in [0.25, 0.3) is 0 Å². The first-order valence-electron chi connectivity index (χ1n) is 5.29. The minimum atomic E-state index is -4.90. The molecule has 0 unspecified atom stereocenters. The highest BCUT2D eigenvalue weighted by Crippen LogP contribution is 2.23. The molecule has 100 valence electrons. The van der Waals surface area contributed by atoms with Crippen molar-refractivity contribution in [2.45, 2.75) is 11.8 Å². The zero-order valence-electron chi connectivity index (χ0n) is 9.88. The molecule has 1 N–H and O–H groups in total. The summed E-state index contributed by atoms with van der Waals surface area (Å²) in [5.74, 6) is -0.0932. The van der Waals surface area contributed by atoms with Gasteiger partial charge in [0.1, 0.15) is 10.7 Å². The second-order valence-electron chi connectivity index (χ2n) is 3.80. The molecule has 7 heteroatoms. The van der Waals surface area contributed by atoms with E-state index in [1.165, 1.54) is 24.3 Å². The highest BCUT2D eigenvalue weighted by atomic mass is 32.3. The monoisotopic (exact) mass is 283 g/mol. The Morgan fingerprint density at radius 3 is 2.47 bits per heavy atom. The Balaban J connectivity index is 2.32. The second kappa shape index (κ2) is 4.85. The number of amides is 1. The second-order valence-corrected chi connectivity index (χ2v) is 5.11. The number of carbonyl (C=O) groups excluding carboxylic acids is 1. The normalized spacial score (nSPS) is 11.3. The number of benzene rings is 1. The molecule has 2 aromatic rings. The van der Waals surface area contributed by atoms with E-state index in [2.05, 4.69) is 5.32 Å². The van der Waals surface area contributed by atoms with Gasteiger partial charge in [0.05, 0.1) is 5.69 Å². The van der Waals surface area contributed by atoms with Crippen molar-refractivity contribution < 1.29 is 21.5 Å². The highest BCUT2D eigenvalue weighted by Gasteiger charge is 2.19. The summed E-state index contributed by atoms with van der Waals surface area (Å²) in [4.78, 5) is 11.2. The third-order valence-electron chi connectivity index (χ3n) is 2.36. The summed E-state index contributed by atoms with van der Waals surface area (Å²) in [6.45, 7) is 1.66. The summed E-state index contributed by atoms with van der Waals surface area (Å²) in [6, 6.07) is 8.24. The number of furan rings is 1. The first-order valence-corrected chi connectivity index (χ1v) is 6.68. The fourth-order valence-electron chi connectivity index (χ4n) is 1.52. The van der Waals surface area contributed by atoms with Crippen LogP contribution in [0, 0.1) is 6.92 Å². The lowest BCUT2D eigenvalue weighted by atomic mass is 10.3. The van der Waals surface area contributed by atoms with Crippen molar-refractivity contribution in [3.63, 3.8) is 0 Å². The van der Waals surface area contributed by atoms with Crippen molar-refractivity contribution in [2.75, 3.05) is 5.32 Å². The van der Waals surface area contributed by atoms with Crippen molar-refractivity contribution in [2.24, 2.45) is 0 Å². The molecule has 1 amide bonds. The molecule has 0 saturated heterocycles. The van der Waals surface area contributed by atoms with Crippen molar-refractivity contribution in [1.29, 1.82) is 0 Å². The van der Waals surface area contributed by atoms with Crippen LogP contribution in [-0.4, -0.2) is 14.3 Å². The number of carbonyl (C=O) groups is 1. The van der Waals surface area contributed by atoms with Crippen LogP contribution < -0.4 is 5.32 Å². The molecule has 0 aliphatic carbocycles. The molecule has 0 aliphatic heterocycles. The highest BCUT2D eigenvalue weighted by molar-refractivity contribution is 7.86. The average molecular weight is 283 g/mol. The molecule has 0 atom stereocenters. The van der Waals surface area contributed by atoms with E-state index in [1.807, 2.05) is 0 Å². The Morgan fingerprint density at radius 2 is 1.89 bits per heavy atom. The molecule has 19 heavy (non-hydrogen) atoms. The van der Waals surface area contributed by atoms with Gasteiger partial charge in [0.25, 0.3) is 5.91 Å². The van der Waals surface area contributed by atoms with Gasteiger partial charge in [-0.3, -0.25) is 4.79 Å². The van der Waals surface area contributed by atoms with Gasteiger partial charge >= 0.3 is 10.2 Å². The molecular formula is C12H10FNO4S. The van der Waals surface area contributed by atoms with Crippen LogP contribution in [0.15, 0.2) is 45.7 Å². The van der Waals surface area contributed by atoms with Crippen LogP contribution in [0.3, 0.4) is 0 Å². The maximum absolute atomic E-state index is 13.0. The molecule has 5 nitrogen and oxygen atoms in total. The van der Waals surface area contributed by atoms with E-state index < -0.39 is 21.0 Å². The van der Waals surface area contributed by atoms with E-state index in [9.17, 15) is 17.1 Å². The summed E-state index contributed by atoms with van der Waals surface area (Å²) in [7, 11) is -4.90. The fourth-order valence-corrected chi connectivity index (χ4v) is 2.15. The predicted octanol–water partition coefficient (Wildman–Crippen LogP) is 2.50. The lowest BCUT2D eigenvalue weighted by Gasteiger charge is -2.06. The number of rotatable bonds is 3. The van der Waals surface area contributed by atoms with Gasteiger partial charge in [-0.05, 0) is 31.2 Å². The van der Waals surface area contributed by atoms with E-state index >= 15 is 0 Å². The van der Waals surface area contributed by atoms with Crippen molar-refractivity contribution in [3.8, 4) is 0 Å². The van der Waals surface area contributed by atoms with Gasteiger partial charge in [0, 0.05) is 0 Å². The summed E-state index contributed by atoms with van der Waals surface area (Å²) in [5, 5.41) is 2.29. The number of nitrogens with one attached hydrogen (secondary N) is 1. The van der Waals surface area contributed by atoms with E-state index in [-0.39, 0.29) is 11.4 Å². The summed E-state index contributed by atoms with van der Waals surface area (Å²) in [6.07, 6.45) is 0. The van der Waals surface area contributed by atoms with Crippen molar-refractivity contribution in [3.05, 3.63) is 47.9 Å². The zero-order valence-corrected chi connectivity index (χ0v) is 10.7. The van der Waals surface area contributed by atoms with Crippen LogP contribution in [0.2, 0.25) is 0 Å². The van der Waals surface area contributed by atoms with Gasteiger partial charge in [-0.15, -0.1) is 3.89 Å². The molecule has 0 fully saturated rings. The van der Waals surface area contributed by atoms with Gasteiger partial charge in [0.2, 0.25) is 0 Å². The molecule has 1 aromatic carbocycles. The predicted molar refractivity (Wildman–Crippen MR) is 66.1 cm³/mol. The number of anilines is 1. The Kier molecular flexibility index (Phi) is 3.39. The van der Waals surface area contributed by atoms with Crippen LogP contribution in [-0.2, 0) is 10.2 Å². The van der Waals surface area contributed by atoms with E-state index in [4.69, 9.17) is 4.42 Å². The zero-order chi connectivity index (χ0) is 14.0. The first kappa shape index (κ1) is 13.3. The first-order chi connectivity index (χ1) is 8.88. The third-order valence-corrected chi connectivity index (χ3v) is 3.24. The Bertz CT molecular complexity index is 721. The Labute approximate surface area is 109 Å². The molecule has 0 bridgehead atoms. The van der Waals surface area contributed by atoms with Crippen LogP contribution in [0.1, 0.15) is 16.3 Å². The Morgan fingerprint density at radius 1 is 1.21 bits per heavy atom. The molecule has 1 aromatic heterocycles. The largest absolute Gasteiger partial charge is 0.456 e. The molecule has 1 heterocycles. The quantitative estimate of drug-likeness (QED) is 0.878. The molecule has 0 saturated carbocycles. The smallest absolute Gasteiger partial charge is 0.334 e. The molecule has 0 spiro atoms. The van der Waals surface area contributed by atoms with E-state index in [1.54, 1.807) is 13.0 Å². The minimum absolute atomic E-state index is 0.0172. The minimum Gasteiger partial charge on any atom is -0.456 e. The molecule has 0 aliphatic rings. The fraction of sp³-hybridized carbons (Fsp3) is 0.0833. The van der Waals surface area contributed by atoms with Crippen LogP contribution >= 0.6 is 0 Å². The Hall–Kier alpha value is -2.15. The van der Waals surface area contributed by atoms with Crippen molar-refractivity contribution in [1.82, 2.24) is 0 Å².